The van der Waals surface area contributed by atoms with Crippen molar-refractivity contribution in [2.75, 3.05) is 25.5 Å². The van der Waals surface area contributed by atoms with Crippen molar-refractivity contribution in [3.05, 3.63) is 24.3 Å². The molecule has 2 unspecified atom stereocenters. The highest BCUT2D eigenvalue weighted by Crippen LogP contribution is 2.30. The van der Waals surface area contributed by atoms with Crippen molar-refractivity contribution in [1.29, 1.82) is 0 Å². The number of ether oxygens (including phenoxy) is 2. The maximum Gasteiger partial charge on any atom is 0.161 e. The fourth-order valence-electron chi connectivity index (χ4n) is 2.82. The van der Waals surface area contributed by atoms with Crippen LogP contribution >= 0.6 is 11.8 Å². The molecule has 4 heteroatoms. The Morgan fingerprint density at radius 2 is 1.90 bits per heavy atom. The Morgan fingerprint density at radius 3 is 2.62 bits per heavy atom. The molecule has 0 aliphatic heterocycles. The quantitative estimate of drug-likeness (QED) is 0.704. The van der Waals surface area contributed by atoms with Crippen molar-refractivity contribution in [2.45, 2.75) is 44.4 Å². The van der Waals surface area contributed by atoms with E-state index in [0.717, 1.165) is 23.3 Å². The van der Waals surface area contributed by atoms with Crippen molar-refractivity contribution in [2.24, 2.45) is 0 Å². The van der Waals surface area contributed by atoms with Gasteiger partial charge < -0.3 is 14.8 Å². The van der Waals surface area contributed by atoms with Gasteiger partial charge in [0.25, 0.3) is 0 Å². The first-order chi connectivity index (χ1) is 10.3. The van der Waals surface area contributed by atoms with Gasteiger partial charge in [0, 0.05) is 17.8 Å². The number of thioether (sulfide) groups is 1. The zero-order valence-corrected chi connectivity index (χ0v) is 14.0. The first kappa shape index (κ1) is 16.5. The Kier molecular flexibility index (Phi) is 7.24. The second-order valence-corrected chi connectivity index (χ2v) is 6.73. The van der Waals surface area contributed by atoms with Gasteiger partial charge in [-0.15, -0.1) is 0 Å². The maximum atomic E-state index is 5.85. The van der Waals surface area contributed by atoms with Crippen LogP contribution < -0.4 is 14.8 Å². The van der Waals surface area contributed by atoms with Crippen LogP contribution in [0.1, 0.15) is 33.1 Å². The number of benzene rings is 1. The molecule has 21 heavy (non-hydrogen) atoms. The van der Waals surface area contributed by atoms with E-state index in [4.69, 9.17) is 9.47 Å². The van der Waals surface area contributed by atoms with Gasteiger partial charge in [0.2, 0.25) is 0 Å². The van der Waals surface area contributed by atoms with Crippen molar-refractivity contribution < 1.29 is 9.47 Å². The molecule has 1 aliphatic rings. The number of nitrogens with one attached hydrogen (secondary N) is 1. The standard InChI is InChI=1S/C17H27NO2S/c1-3-19-15-9-5-6-10-16(15)20-13-12-18-14-8-7-11-17(14)21-4-2/h5-6,9-10,14,17-18H,3-4,7-8,11-13H2,1-2H3. The minimum absolute atomic E-state index is 0.653. The van der Waals surface area contributed by atoms with Crippen LogP contribution in [-0.2, 0) is 0 Å². The van der Waals surface area contributed by atoms with Gasteiger partial charge in [0.15, 0.2) is 11.5 Å². The average molecular weight is 309 g/mol. The lowest BCUT2D eigenvalue weighted by Gasteiger charge is -2.20. The third kappa shape index (κ3) is 5.11. The Bertz CT molecular complexity index is 414. The summed E-state index contributed by atoms with van der Waals surface area (Å²) in [5.74, 6) is 2.88. The largest absolute Gasteiger partial charge is 0.490 e. The van der Waals surface area contributed by atoms with E-state index in [1.807, 2.05) is 31.2 Å². The van der Waals surface area contributed by atoms with E-state index in [1.54, 1.807) is 0 Å². The van der Waals surface area contributed by atoms with Crippen molar-refractivity contribution >= 4 is 11.8 Å². The van der Waals surface area contributed by atoms with E-state index in [9.17, 15) is 0 Å². The van der Waals surface area contributed by atoms with E-state index in [0.29, 0.717) is 19.3 Å². The molecule has 0 heterocycles. The highest BCUT2D eigenvalue weighted by Gasteiger charge is 2.26. The molecular formula is C17H27NO2S. The molecule has 1 N–H and O–H groups in total. The summed E-state index contributed by atoms with van der Waals surface area (Å²) >= 11 is 2.09. The molecular weight excluding hydrogens is 282 g/mol. The highest BCUT2D eigenvalue weighted by molar-refractivity contribution is 7.99. The lowest BCUT2D eigenvalue weighted by atomic mass is 10.2. The van der Waals surface area contributed by atoms with Crippen LogP contribution in [0.25, 0.3) is 0 Å². The molecule has 1 aromatic carbocycles. The summed E-state index contributed by atoms with van der Waals surface area (Å²) in [6.07, 6.45) is 4.00. The van der Waals surface area contributed by atoms with Gasteiger partial charge in [-0.05, 0) is 37.7 Å². The average Bonchev–Trinajstić information content (AvgIpc) is 2.93. The Hall–Kier alpha value is -0.870. The predicted molar refractivity (Wildman–Crippen MR) is 90.7 cm³/mol. The van der Waals surface area contributed by atoms with Gasteiger partial charge in [-0.25, -0.2) is 0 Å². The number of para-hydroxylation sites is 2. The predicted octanol–water partition coefficient (Wildman–Crippen LogP) is 3.73. The summed E-state index contributed by atoms with van der Waals surface area (Å²) in [7, 11) is 0. The molecule has 1 saturated carbocycles. The first-order valence-electron chi connectivity index (χ1n) is 8.04. The molecule has 2 atom stereocenters. The molecule has 2 rings (SSSR count). The minimum atomic E-state index is 0.653. The number of hydrogen-bond acceptors (Lipinski definition) is 4. The molecule has 1 aliphatic carbocycles. The highest BCUT2D eigenvalue weighted by atomic mass is 32.2. The Labute approximate surface area is 132 Å². The van der Waals surface area contributed by atoms with Gasteiger partial charge in [-0.3, -0.25) is 0 Å². The minimum Gasteiger partial charge on any atom is -0.490 e. The van der Waals surface area contributed by atoms with Crippen LogP contribution in [0.15, 0.2) is 24.3 Å². The van der Waals surface area contributed by atoms with Crippen LogP contribution in [0.3, 0.4) is 0 Å². The maximum absolute atomic E-state index is 5.85. The molecule has 1 fully saturated rings. The van der Waals surface area contributed by atoms with E-state index < -0.39 is 0 Å². The van der Waals surface area contributed by atoms with E-state index in [2.05, 4.69) is 24.0 Å². The molecule has 3 nitrogen and oxygen atoms in total. The molecule has 1 aromatic rings. The van der Waals surface area contributed by atoms with Gasteiger partial charge in [-0.1, -0.05) is 25.5 Å². The lowest BCUT2D eigenvalue weighted by molar-refractivity contribution is 0.272. The fourth-order valence-corrected chi connectivity index (χ4v) is 4.05. The van der Waals surface area contributed by atoms with Crippen molar-refractivity contribution in [3.63, 3.8) is 0 Å². The smallest absolute Gasteiger partial charge is 0.161 e. The summed E-state index contributed by atoms with van der Waals surface area (Å²) in [6, 6.07) is 8.53. The van der Waals surface area contributed by atoms with Crippen molar-refractivity contribution in [3.8, 4) is 11.5 Å². The third-order valence-electron chi connectivity index (χ3n) is 3.75. The number of hydrogen-bond donors (Lipinski definition) is 1. The fraction of sp³-hybridized carbons (Fsp3) is 0.647. The lowest BCUT2D eigenvalue weighted by Crippen LogP contribution is -2.36. The first-order valence-corrected chi connectivity index (χ1v) is 9.09. The summed E-state index contributed by atoms with van der Waals surface area (Å²) in [6.45, 7) is 6.48. The van der Waals surface area contributed by atoms with Crippen LogP contribution in [0, 0.1) is 0 Å². The van der Waals surface area contributed by atoms with E-state index in [1.165, 1.54) is 25.0 Å². The molecule has 118 valence electrons. The van der Waals surface area contributed by atoms with Crippen LogP contribution in [0.5, 0.6) is 11.5 Å². The molecule has 0 amide bonds. The topological polar surface area (TPSA) is 30.5 Å². The zero-order chi connectivity index (χ0) is 14.9. The van der Waals surface area contributed by atoms with E-state index in [-0.39, 0.29) is 0 Å². The van der Waals surface area contributed by atoms with Crippen molar-refractivity contribution in [1.82, 2.24) is 5.32 Å². The molecule has 0 radical (unpaired) electrons. The number of rotatable bonds is 9. The SMILES string of the molecule is CCOc1ccccc1OCCNC1CCCC1SCC. The second kappa shape index (κ2) is 9.21. The summed E-state index contributed by atoms with van der Waals surface area (Å²) in [5.41, 5.74) is 0. The second-order valence-electron chi connectivity index (χ2n) is 5.21. The van der Waals surface area contributed by atoms with Gasteiger partial charge in [0.05, 0.1) is 6.61 Å². The summed E-state index contributed by atoms with van der Waals surface area (Å²) in [5, 5.41) is 4.43. The summed E-state index contributed by atoms with van der Waals surface area (Å²) < 4.78 is 11.4. The normalized spacial score (nSPS) is 21.4. The van der Waals surface area contributed by atoms with Crippen LogP contribution in [-0.4, -0.2) is 36.8 Å². The van der Waals surface area contributed by atoms with E-state index >= 15 is 0 Å². The zero-order valence-electron chi connectivity index (χ0n) is 13.1. The van der Waals surface area contributed by atoms with Gasteiger partial charge >= 0.3 is 0 Å². The van der Waals surface area contributed by atoms with Crippen LogP contribution in [0.4, 0.5) is 0 Å². The molecule has 0 spiro atoms. The van der Waals surface area contributed by atoms with Gasteiger partial charge in [0.1, 0.15) is 6.61 Å². The molecule has 0 bridgehead atoms. The van der Waals surface area contributed by atoms with Crippen LogP contribution in [0.2, 0.25) is 0 Å². The van der Waals surface area contributed by atoms with Gasteiger partial charge in [-0.2, -0.15) is 11.8 Å². The monoisotopic (exact) mass is 309 g/mol. The molecule has 0 saturated heterocycles. The molecule has 0 aromatic heterocycles. The Morgan fingerprint density at radius 1 is 1.14 bits per heavy atom. The Balaban J connectivity index is 1.72. The third-order valence-corrected chi connectivity index (χ3v) is 5.07. The summed E-state index contributed by atoms with van der Waals surface area (Å²) in [4.78, 5) is 0.